The Morgan fingerprint density at radius 3 is 2.53 bits per heavy atom. The molecule has 0 aliphatic rings. The van der Waals surface area contributed by atoms with Crippen LogP contribution in [-0.4, -0.2) is 24.1 Å². The van der Waals surface area contributed by atoms with E-state index in [0.29, 0.717) is 6.61 Å². The van der Waals surface area contributed by atoms with Crippen LogP contribution in [-0.2, 0) is 17.8 Å². The molecule has 0 aromatic carbocycles. The summed E-state index contributed by atoms with van der Waals surface area (Å²) in [5.74, 6) is 1.25. The summed E-state index contributed by atoms with van der Waals surface area (Å²) in [7, 11) is -1.35. The highest BCUT2D eigenvalue weighted by atomic mass is 28.3. The van der Waals surface area contributed by atoms with Gasteiger partial charge in [0.15, 0.2) is 8.24 Å². The van der Waals surface area contributed by atoms with Crippen molar-refractivity contribution in [2.24, 2.45) is 0 Å². The summed E-state index contributed by atoms with van der Waals surface area (Å²) in [6.45, 7) is 12.7. The SMILES string of the molecule is CCCCc1nc(COCC)cn1[Si](C)(C)C. The van der Waals surface area contributed by atoms with Gasteiger partial charge in [-0.05, 0) is 13.3 Å². The maximum absolute atomic E-state index is 5.44. The van der Waals surface area contributed by atoms with Crippen LogP contribution in [0.2, 0.25) is 19.6 Å². The van der Waals surface area contributed by atoms with Crippen molar-refractivity contribution in [3.63, 3.8) is 0 Å². The molecule has 0 atom stereocenters. The van der Waals surface area contributed by atoms with Crippen molar-refractivity contribution in [1.29, 1.82) is 0 Å². The molecule has 0 aliphatic carbocycles. The topological polar surface area (TPSA) is 27.1 Å². The van der Waals surface area contributed by atoms with Gasteiger partial charge in [0.25, 0.3) is 0 Å². The van der Waals surface area contributed by atoms with E-state index in [4.69, 9.17) is 9.72 Å². The zero-order chi connectivity index (χ0) is 12.9. The molecular formula is C13H26N2OSi. The Balaban J connectivity index is 2.87. The van der Waals surface area contributed by atoms with Crippen LogP contribution in [0.15, 0.2) is 6.20 Å². The molecule has 0 bridgehead atoms. The van der Waals surface area contributed by atoms with Gasteiger partial charge in [-0.1, -0.05) is 33.0 Å². The summed E-state index contributed by atoms with van der Waals surface area (Å²) < 4.78 is 7.87. The lowest BCUT2D eigenvalue weighted by atomic mass is 10.2. The van der Waals surface area contributed by atoms with Gasteiger partial charge in [0.2, 0.25) is 0 Å². The van der Waals surface area contributed by atoms with Crippen LogP contribution in [0.25, 0.3) is 0 Å². The maximum Gasteiger partial charge on any atom is 0.154 e. The second-order valence-corrected chi connectivity index (χ2v) is 10.3. The smallest absolute Gasteiger partial charge is 0.154 e. The maximum atomic E-state index is 5.44. The van der Waals surface area contributed by atoms with E-state index >= 15 is 0 Å². The molecule has 3 nitrogen and oxygen atoms in total. The Labute approximate surface area is 106 Å². The minimum Gasteiger partial charge on any atom is -0.375 e. The molecule has 1 heterocycles. The molecule has 98 valence electrons. The Morgan fingerprint density at radius 1 is 1.29 bits per heavy atom. The first-order chi connectivity index (χ1) is 7.99. The number of aromatic nitrogens is 2. The molecular weight excluding hydrogens is 228 g/mol. The van der Waals surface area contributed by atoms with Crippen LogP contribution >= 0.6 is 0 Å². The number of hydrogen-bond acceptors (Lipinski definition) is 2. The average Bonchev–Trinajstić information content (AvgIpc) is 2.66. The molecule has 0 saturated heterocycles. The summed E-state index contributed by atoms with van der Waals surface area (Å²) in [6.07, 6.45) is 5.73. The van der Waals surface area contributed by atoms with Crippen LogP contribution in [0.5, 0.6) is 0 Å². The van der Waals surface area contributed by atoms with Crippen LogP contribution in [0.3, 0.4) is 0 Å². The lowest BCUT2D eigenvalue weighted by Crippen LogP contribution is -2.33. The van der Waals surface area contributed by atoms with Crippen molar-refractivity contribution in [3.8, 4) is 0 Å². The number of ether oxygens (including phenoxy) is 1. The third-order valence-electron chi connectivity index (χ3n) is 2.76. The van der Waals surface area contributed by atoms with Gasteiger partial charge < -0.3 is 8.97 Å². The van der Waals surface area contributed by atoms with Gasteiger partial charge in [-0.3, -0.25) is 0 Å². The van der Waals surface area contributed by atoms with Gasteiger partial charge in [0.1, 0.15) is 5.82 Å². The normalized spacial score (nSPS) is 12.1. The number of aryl methyl sites for hydroxylation is 1. The van der Waals surface area contributed by atoms with Crippen molar-refractivity contribution in [2.75, 3.05) is 6.61 Å². The van der Waals surface area contributed by atoms with Crippen molar-refractivity contribution in [2.45, 2.75) is 59.4 Å². The highest BCUT2D eigenvalue weighted by molar-refractivity contribution is 6.74. The molecule has 17 heavy (non-hydrogen) atoms. The zero-order valence-electron chi connectivity index (χ0n) is 11.9. The van der Waals surface area contributed by atoms with E-state index in [0.717, 1.165) is 18.7 Å². The van der Waals surface area contributed by atoms with Gasteiger partial charge >= 0.3 is 0 Å². The van der Waals surface area contributed by atoms with Gasteiger partial charge in [0.05, 0.1) is 12.3 Å². The van der Waals surface area contributed by atoms with Crippen LogP contribution < -0.4 is 0 Å². The highest BCUT2D eigenvalue weighted by Crippen LogP contribution is 2.15. The van der Waals surface area contributed by atoms with Gasteiger partial charge in [0, 0.05) is 19.2 Å². The molecule has 0 fully saturated rings. The Kier molecular flexibility index (Phi) is 5.40. The fourth-order valence-corrected chi connectivity index (χ4v) is 3.31. The second kappa shape index (κ2) is 6.35. The Morgan fingerprint density at radius 2 is 2.00 bits per heavy atom. The van der Waals surface area contributed by atoms with Gasteiger partial charge in [-0.2, -0.15) is 0 Å². The largest absolute Gasteiger partial charge is 0.375 e. The van der Waals surface area contributed by atoms with Crippen molar-refractivity contribution < 1.29 is 4.74 Å². The van der Waals surface area contributed by atoms with E-state index in [2.05, 4.69) is 37.0 Å². The minimum atomic E-state index is -1.35. The van der Waals surface area contributed by atoms with Crippen molar-refractivity contribution >= 4 is 8.24 Å². The lowest BCUT2D eigenvalue weighted by molar-refractivity contribution is 0.131. The van der Waals surface area contributed by atoms with Crippen LogP contribution in [0.4, 0.5) is 0 Å². The Bertz CT molecular complexity index is 342. The molecule has 1 aromatic heterocycles. The summed E-state index contributed by atoms with van der Waals surface area (Å²) in [6, 6.07) is 0. The molecule has 1 aromatic rings. The van der Waals surface area contributed by atoms with E-state index in [1.54, 1.807) is 0 Å². The van der Waals surface area contributed by atoms with E-state index in [9.17, 15) is 0 Å². The van der Waals surface area contributed by atoms with E-state index < -0.39 is 8.24 Å². The molecule has 0 N–H and O–H groups in total. The van der Waals surface area contributed by atoms with Gasteiger partial charge in [-0.15, -0.1) is 0 Å². The number of imidazole rings is 1. The van der Waals surface area contributed by atoms with E-state index in [1.165, 1.54) is 18.7 Å². The first-order valence-corrected chi connectivity index (χ1v) is 10.1. The average molecular weight is 254 g/mol. The minimum absolute atomic E-state index is 0.646. The molecule has 0 unspecified atom stereocenters. The summed E-state index contributed by atoms with van der Waals surface area (Å²) in [5.41, 5.74) is 1.08. The van der Waals surface area contributed by atoms with Crippen LogP contribution in [0, 0.1) is 0 Å². The number of hydrogen-bond donors (Lipinski definition) is 0. The van der Waals surface area contributed by atoms with Crippen LogP contribution in [0.1, 0.15) is 38.2 Å². The predicted octanol–water partition coefficient (Wildman–Crippen LogP) is 3.45. The summed E-state index contributed by atoms with van der Waals surface area (Å²) in [4.78, 5) is 4.72. The first kappa shape index (κ1) is 14.4. The molecule has 4 heteroatoms. The van der Waals surface area contributed by atoms with Gasteiger partial charge in [-0.25, -0.2) is 4.98 Å². The fourth-order valence-electron chi connectivity index (χ4n) is 1.84. The van der Waals surface area contributed by atoms with Crippen molar-refractivity contribution in [3.05, 3.63) is 17.7 Å². The summed E-state index contributed by atoms with van der Waals surface area (Å²) >= 11 is 0. The van der Waals surface area contributed by atoms with Crippen molar-refractivity contribution in [1.82, 2.24) is 9.22 Å². The quantitative estimate of drug-likeness (QED) is 0.697. The molecule has 0 saturated carbocycles. The molecule has 1 rings (SSSR count). The molecule has 0 spiro atoms. The second-order valence-electron chi connectivity index (χ2n) is 5.43. The third-order valence-corrected chi connectivity index (χ3v) is 4.59. The van der Waals surface area contributed by atoms with E-state index in [1.807, 2.05) is 6.92 Å². The standard InChI is InChI=1S/C13H26N2OSi/c1-6-8-9-13-14-12(11-16-7-2)10-15(13)17(3,4)5/h10H,6-9,11H2,1-5H3. The predicted molar refractivity (Wildman–Crippen MR) is 74.9 cm³/mol. The first-order valence-electron chi connectivity index (χ1n) is 6.64. The molecule has 0 radical (unpaired) electrons. The number of rotatable bonds is 7. The van der Waals surface area contributed by atoms with E-state index in [-0.39, 0.29) is 0 Å². The monoisotopic (exact) mass is 254 g/mol. The fraction of sp³-hybridized carbons (Fsp3) is 0.769. The number of nitrogens with zero attached hydrogens (tertiary/aromatic N) is 2. The third kappa shape index (κ3) is 4.28. The highest BCUT2D eigenvalue weighted by Gasteiger charge is 2.21. The summed E-state index contributed by atoms with van der Waals surface area (Å²) in [5, 5.41) is 0. The Hall–Kier alpha value is -0.613. The lowest BCUT2D eigenvalue weighted by Gasteiger charge is -2.20. The zero-order valence-corrected chi connectivity index (χ0v) is 12.9. The molecule has 0 aliphatic heterocycles. The molecule has 0 amide bonds. The number of unbranched alkanes of at least 4 members (excludes halogenated alkanes) is 1.